The summed E-state index contributed by atoms with van der Waals surface area (Å²) in [6, 6.07) is 0. The van der Waals surface area contributed by atoms with Crippen LogP contribution in [-0.4, -0.2) is 76.8 Å². The molecule has 9 heteroatoms. The Hall–Kier alpha value is -1.36. The SMILES string of the molecule is CC[C@]1(C)O[C@H]2[C@@H](C)O[C@@H](O[C@H]3CC[C@]4(C=O)[C@H]5CC[C@]6(C)[C@@H](C7=CC(=O)OC7)CC[C@]6(O)[C@@H]5CC[C@]4(O)C3)C[C@H]2O1. The Morgan fingerprint density at radius 2 is 1.83 bits per heavy atom. The molecule has 0 unspecified atom stereocenters. The molecule has 7 rings (SSSR count). The van der Waals surface area contributed by atoms with Gasteiger partial charge in [0.2, 0.25) is 0 Å². The Balaban J connectivity index is 1.07. The molecule has 9 nitrogen and oxygen atoms in total. The number of ether oxygens (including phenoxy) is 5. The summed E-state index contributed by atoms with van der Waals surface area (Å²) in [7, 11) is 0. The number of carbonyl (C=O) groups is 2. The smallest absolute Gasteiger partial charge is 0.331 e. The predicted molar refractivity (Wildman–Crippen MR) is 150 cm³/mol. The third-order valence-electron chi connectivity index (χ3n) is 13.2. The second kappa shape index (κ2) is 9.82. The van der Waals surface area contributed by atoms with Crippen molar-refractivity contribution in [3.8, 4) is 0 Å². The van der Waals surface area contributed by atoms with E-state index in [0.717, 1.165) is 37.5 Å². The average Bonchev–Trinajstić information content (AvgIpc) is 3.61. The van der Waals surface area contributed by atoms with Crippen LogP contribution in [0, 0.1) is 28.6 Å². The highest BCUT2D eigenvalue weighted by atomic mass is 16.8. The van der Waals surface area contributed by atoms with E-state index in [9.17, 15) is 19.8 Å². The normalized spacial score (nSPS) is 55.2. The zero-order chi connectivity index (χ0) is 29.7. The van der Waals surface area contributed by atoms with E-state index < -0.39 is 28.7 Å². The molecule has 2 saturated heterocycles. The Labute approximate surface area is 248 Å². The summed E-state index contributed by atoms with van der Waals surface area (Å²) in [6.45, 7) is 8.49. The summed E-state index contributed by atoms with van der Waals surface area (Å²) in [5.41, 5.74) is -2.44. The number of hydrogen-bond acceptors (Lipinski definition) is 9. The summed E-state index contributed by atoms with van der Waals surface area (Å²) in [4.78, 5) is 25.0. The maximum atomic E-state index is 13.1. The number of esters is 1. The van der Waals surface area contributed by atoms with Crippen molar-refractivity contribution >= 4 is 12.3 Å². The fraction of sp³-hybridized carbons (Fsp3) is 0.879. The largest absolute Gasteiger partial charge is 0.458 e. The van der Waals surface area contributed by atoms with Crippen molar-refractivity contribution in [3.63, 3.8) is 0 Å². The first kappa shape index (κ1) is 29.4. The van der Waals surface area contributed by atoms with E-state index in [0.29, 0.717) is 51.6 Å². The van der Waals surface area contributed by atoms with E-state index in [1.807, 2.05) is 20.8 Å². The van der Waals surface area contributed by atoms with Crippen LogP contribution in [0.5, 0.6) is 0 Å². The minimum atomic E-state index is -1.19. The molecule has 0 spiro atoms. The van der Waals surface area contributed by atoms with Crippen LogP contribution in [0.25, 0.3) is 0 Å². The molecular formula is C33H48O9. The van der Waals surface area contributed by atoms with Crippen molar-refractivity contribution in [2.24, 2.45) is 28.6 Å². The van der Waals surface area contributed by atoms with E-state index in [-0.39, 0.29) is 53.6 Å². The quantitative estimate of drug-likeness (QED) is 0.279. The van der Waals surface area contributed by atoms with Gasteiger partial charge in [-0.05, 0) is 95.0 Å². The molecule has 0 amide bonds. The van der Waals surface area contributed by atoms with Crippen molar-refractivity contribution in [2.45, 2.75) is 146 Å². The number of aliphatic hydroxyl groups is 2. The van der Waals surface area contributed by atoms with Crippen LogP contribution in [0.3, 0.4) is 0 Å². The van der Waals surface area contributed by atoms with Crippen molar-refractivity contribution < 1.29 is 43.5 Å². The third-order valence-corrected chi connectivity index (χ3v) is 13.2. The van der Waals surface area contributed by atoms with Crippen molar-refractivity contribution in [1.82, 2.24) is 0 Å². The lowest BCUT2D eigenvalue weighted by molar-refractivity contribution is -0.278. The Kier molecular flexibility index (Phi) is 6.86. The zero-order valence-electron chi connectivity index (χ0n) is 25.5. The van der Waals surface area contributed by atoms with Crippen LogP contribution < -0.4 is 0 Å². The molecule has 0 bridgehead atoms. The van der Waals surface area contributed by atoms with Gasteiger partial charge in [0.05, 0.1) is 34.9 Å². The minimum absolute atomic E-state index is 0.0744. The van der Waals surface area contributed by atoms with Gasteiger partial charge in [0.1, 0.15) is 19.0 Å². The van der Waals surface area contributed by atoms with Crippen LogP contribution in [0.2, 0.25) is 0 Å². The summed E-state index contributed by atoms with van der Waals surface area (Å²) in [5, 5.41) is 24.7. The fourth-order valence-electron chi connectivity index (χ4n) is 10.8. The van der Waals surface area contributed by atoms with E-state index >= 15 is 0 Å². The number of aldehydes is 1. The molecule has 0 radical (unpaired) electrons. The lowest BCUT2D eigenvalue weighted by atomic mass is 9.41. The average molecular weight is 589 g/mol. The summed E-state index contributed by atoms with van der Waals surface area (Å²) in [6.07, 6.45) is 8.56. The maximum absolute atomic E-state index is 13.1. The van der Waals surface area contributed by atoms with Gasteiger partial charge < -0.3 is 38.7 Å². The molecule has 7 aliphatic rings. The molecule has 3 heterocycles. The van der Waals surface area contributed by atoms with Crippen LogP contribution in [-0.2, 0) is 33.3 Å². The molecule has 0 aromatic heterocycles. The highest BCUT2D eigenvalue weighted by Gasteiger charge is 2.71. The molecule has 234 valence electrons. The van der Waals surface area contributed by atoms with Gasteiger partial charge in [0.15, 0.2) is 12.1 Å². The van der Waals surface area contributed by atoms with Gasteiger partial charge in [-0.3, -0.25) is 0 Å². The highest BCUT2D eigenvalue weighted by Crippen LogP contribution is 2.70. The van der Waals surface area contributed by atoms with Gasteiger partial charge in [0.25, 0.3) is 0 Å². The topological polar surface area (TPSA) is 121 Å². The maximum Gasteiger partial charge on any atom is 0.331 e. The van der Waals surface area contributed by atoms with Gasteiger partial charge in [-0.25, -0.2) is 4.79 Å². The molecule has 0 aromatic rings. The fourth-order valence-corrected chi connectivity index (χ4v) is 10.8. The highest BCUT2D eigenvalue weighted by molar-refractivity contribution is 5.85. The van der Waals surface area contributed by atoms with Crippen LogP contribution >= 0.6 is 0 Å². The lowest BCUT2D eigenvalue weighted by Crippen LogP contribution is -2.69. The van der Waals surface area contributed by atoms with E-state index in [1.54, 1.807) is 6.08 Å². The van der Waals surface area contributed by atoms with E-state index in [1.165, 1.54) is 0 Å². The molecule has 2 N–H and O–H groups in total. The lowest BCUT2D eigenvalue weighted by Gasteiger charge is -2.65. The summed E-state index contributed by atoms with van der Waals surface area (Å²) < 4.78 is 30.4. The molecule has 42 heavy (non-hydrogen) atoms. The summed E-state index contributed by atoms with van der Waals surface area (Å²) in [5.74, 6) is -0.980. The number of fused-ring (bicyclic) bond motifs is 6. The molecule has 0 aromatic carbocycles. The monoisotopic (exact) mass is 588 g/mol. The first-order chi connectivity index (χ1) is 19.9. The molecule has 4 aliphatic carbocycles. The van der Waals surface area contributed by atoms with Gasteiger partial charge in [-0.15, -0.1) is 0 Å². The second-order valence-electron chi connectivity index (χ2n) is 15.0. The standard InChI is InChI=1S/C33H48O9/c1-5-30(4)41-25-15-27(39-19(2)28(25)42-30)40-21-6-11-31(18-34)23-7-10-29(3)22(20-14-26(35)38-17-20)9-13-33(29,37)24(23)8-12-32(31,36)16-21/h14,18-19,21-25,27-28,36-37H,5-13,15-17H2,1-4H3/t19-,21+,22-,23+,24-,25-,27+,28+,29-,30+,31+,32+,33+/m1/s1. The van der Waals surface area contributed by atoms with Gasteiger partial charge in [-0.2, -0.15) is 0 Å². The van der Waals surface area contributed by atoms with E-state index in [4.69, 9.17) is 23.7 Å². The van der Waals surface area contributed by atoms with Crippen molar-refractivity contribution in [2.75, 3.05) is 6.61 Å². The number of hydrogen-bond donors (Lipinski definition) is 2. The van der Waals surface area contributed by atoms with Crippen molar-refractivity contribution in [1.29, 1.82) is 0 Å². The Bertz CT molecular complexity index is 1160. The first-order valence-electron chi connectivity index (χ1n) is 16.3. The van der Waals surface area contributed by atoms with Crippen LogP contribution in [0.1, 0.15) is 98.3 Å². The Morgan fingerprint density at radius 3 is 2.55 bits per heavy atom. The van der Waals surface area contributed by atoms with Crippen LogP contribution in [0.4, 0.5) is 0 Å². The van der Waals surface area contributed by atoms with E-state index in [2.05, 4.69) is 6.92 Å². The molecule has 6 fully saturated rings. The molecule has 3 aliphatic heterocycles. The molecule has 4 saturated carbocycles. The second-order valence-corrected chi connectivity index (χ2v) is 15.0. The minimum Gasteiger partial charge on any atom is -0.458 e. The first-order valence-corrected chi connectivity index (χ1v) is 16.3. The summed E-state index contributed by atoms with van der Waals surface area (Å²) >= 11 is 0. The third kappa shape index (κ3) is 4.02. The molecule has 13 atom stereocenters. The predicted octanol–water partition coefficient (Wildman–Crippen LogP) is 3.97. The van der Waals surface area contributed by atoms with Crippen LogP contribution in [0.15, 0.2) is 11.6 Å². The number of rotatable bonds is 5. The number of cyclic esters (lactones) is 1. The molecular weight excluding hydrogens is 540 g/mol. The van der Waals surface area contributed by atoms with Gasteiger partial charge in [-0.1, -0.05) is 13.8 Å². The number of carbonyl (C=O) groups excluding carboxylic acids is 2. The van der Waals surface area contributed by atoms with Crippen molar-refractivity contribution in [3.05, 3.63) is 11.6 Å². The zero-order valence-corrected chi connectivity index (χ0v) is 25.5. The Morgan fingerprint density at radius 1 is 1.05 bits per heavy atom. The van der Waals surface area contributed by atoms with Gasteiger partial charge >= 0.3 is 5.97 Å². The van der Waals surface area contributed by atoms with Gasteiger partial charge in [0, 0.05) is 24.3 Å².